The first-order valence-corrected chi connectivity index (χ1v) is 6.28. The fraction of sp³-hybridized carbons (Fsp3) is 0.714. The van der Waals surface area contributed by atoms with Crippen LogP contribution in [0.25, 0.3) is 0 Å². The average Bonchev–Trinajstić information content (AvgIpc) is 2.37. The van der Waals surface area contributed by atoms with Gasteiger partial charge in [0.15, 0.2) is 0 Å². The lowest BCUT2D eigenvalue weighted by Crippen LogP contribution is -2.19. The van der Waals surface area contributed by atoms with Crippen molar-refractivity contribution in [3.63, 3.8) is 0 Å². The van der Waals surface area contributed by atoms with Gasteiger partial charge < -0.3 is 25.5 Å². The highest BCUT2D eigenvalue weighted by molar-refractivity contribution is 5.27. The molecular weight excluding hydrogens is 248 g/mol. The van der Waals surface area contributed by atoms with Gasteiger partial charge in [0, 0.05) is 6.42 Å². The van der Waals surface area contributed by atoms with E-state index in [4.69, 9.17) is 20.4 Å². The maximum atomic E-state index is 9.55. The zero-order valence-electron chi connectivity index (χ0n) is 11.1. The summed E-state index contributed by atoms with van der Waals surface area (Å²) in [4.78, 5) is 0. The maximum Gasteiger partial charge on any atom is 0.141 e. The Morgan fingerprint density at radius 3 is 2.16 bits per heavy atom. The minimum Gasteiger partial charge on any atom is -0.394 e. The third-order valence-corrected chi connectivity index (χ3v) is 2.45. The first-order chi connectivity index (χ1) is 8.97. The molecule has 0 saturated carbocycles. The Hall–Kier alpha value is -1.08. The highest BCUT2D eigenvalue weighted by atomic mass is 16.3. The van der Waals surface area contributed by atoms with E-state index in [0.717, 1.165) is 0 Å². The number of hydrogen-bond donors (Lipinski definition) is 5. The SMILES string of the molecule is CC(O)C(O)C#CC#CCC(O)CCCC(O)CO. The van der Waals surface area contributed by atoms with Gasteiger partial charge in [0.25, 0.3) is 0 Å². The molecule has 0 aromatic carbocycles. The Labute approximate surface area is 113 Å². The molecule has 0 aromatic rings. The van der Waals surface area contributed by atoms with Crippen LogP contribution in [0.4, 0.5) is 0 Å². The molecule has 5 nitrogen and oxygen atoms in total. The predicted octanol–water partition coefficient (Wildman–Crippen LogP) is -0.991. The molecule has 0 heterocycles. The van der Waals surface area contributed by atoms with E-state index in [1.54, 1.807) is 0 Å². The lowest BCUT2D eigenvalue weighted by Gasteiger charge is -2.09. The molecule has 0 spiro atoms. The fourth-order valence-electron chi connectivity index (χ4n) is 1.23. The summed E-state index contributed by atoms with van der Waals surface area (Å²) in [6.45, 7) is 1.16. The van der Waals surface area contributed by atoms with Gasteiger partial charge in [-0.25, -0.2) is 0 Å². The average molecular weight is 270 g/mol. The van der Waals surface area contributed by atoms with Crippen molar-refractivity contribution in [2.45, 2.75) is 57.0 Å². The third kappa shape index (κ3) is 10.5. The van der Waals surface area contributed by atoms with Crippen LogP contribution < -0.4 is 0 Å². The van der Waals surface area contributed by atoms with Crippen LogP contribution >= 0.6 is 0 Å². The van der Waals surface area contributed by atoms with Crippen molar-refractivity contribution in [2.24, 2.45) is 0 Å². The van der Waals surface area contributed by atoms with Crippen LogP contribution in [-0.4, -0.2) is 56.6 Å². The quantitative estimate of drug-likeness (QED) is 0.382. The summed E-state index contributed by atoms with van der Waals surface area (Å²) in [5.74, 6) is 9.90. The highest BCUT2D eigenvalue weighted by Crippen LogP contribution is 2.06. The molecule has 4 atom stereocenters. The molecule has 0 aliphatic heterocycles. The number of aliphatic hydroxyl groups is 5. The largest absolute Gasteiger partial charge is 0.394 e. The van der Waals surface area contributed by atoms with Crippen molar-refractivity contribution < 1.29 is 25.5 Å². The Kier molecular flexibility index (Phi) is 10.2. The summed E-state index contributed by atoms with van der Waals surface area (Å²) in [6, 6.07) is 0. The van der Waals surface area contributed by atoms with Gasteiger partial charge in [0.1, 0.15) is 6.10 Å². The van der Waals surface area contributed by atoms with Gasteiger partial charge >= 0.3 is 0 Å². The molecule has 4 unspecified atom stereocenters. The Morgan fingerprint density at radius 1 is 0.947 bits per heavy atom. The Bertz CT molecular complexity index is 344. The topological polar surface area (TPSA) is 101 Å². The Balaban J connectivity index is 3.82. The molecule has 0 aromatic heterocycles. The van der Waals surface area contributed by atoms with Gasteiger partial charge in [-0.3, -0.25) is 0 Å². The van der Waals surface area contributed by atoms with Crippen LogP contribution in [0.1, 0.15) is 32.6 Å². The molecule has 5 heteroatoms. The summed E-state index contributed by atoms with van der Waals surface area (Å²) in [7, 11) is 0. The van der Waals surface area contributed by atoms with Crippen molar-refractivity contribution >= 4 is 0 Å². The van der Waals surface area contributed by atoms with Crippen LogP contribution in [0.5, 0.6) is 0 Å². The minimum absolute atomic E-state index is 0.259. The molecule has 0 aliphatic carbocycles. The molecule has 0 radical (unpaired) electrons. The van der Waals surface area contributed by atoms with Crippen molar-refractivity contribution in [1.82, 2.24) is 0 Å². The standard InChI is InChI=1S/C14H22O5/c1-11(16)14(19)9-4-2-3-6-12(17)7-5-8-13(18)10-15/h11-19H,5-8,10H2,1H3. The second-order valence-electron chi connectivity index (χ2n) is 4.38. The molecule has 0 rings (SSSR count). The summed E-state index contributed by atoms with van der Waals surface area (Å²) in [5, 5.41) is 45.3. The minimum atomic E-state index is -1.11. The summed E-state index contributed by atoms with van der Waals surface area (Å²) < 4.78 is 0. The van der Waals surface area contributed by atoms with Crippen LogP contribution in [0, 0.1) is 23.7 Å². The molecule has 5 N–H and O–H groups in total. The summed E-state index contributed by atoms with van der Waals surface area (Å²) in [5.41, 5.74) is 0. The number of aliphatic hydroxyl groups excluding tert-OH is 5. The predicted molar refractivity (Wildman–Crippen MR) is 70.8 cm³/mol. The zero-order valence-corrected chi connectivity index (χ0v) is 11.1. The molecule has 0 saturated heterocycles. The van der Waals surface area contributed by atoms with Crippen molar-refractivity contribution in [3.05, 3.63) is 0 Å². The molecule has 0 bridgehead atoms. The zero-order chi connectivity index (χ0) is 14.7. The van der Waals surface area contributed by atoms with Crippen molar-refractivity contribution in [2.75, 3.05) is 6.61 Å². The summed E-state index contributed by atoms with van der Waals surface area (Å²) >= 11 is 0. The van der Waals surface area contributed by atoms with E-state index >= 15 is 0 Å². The molecular formula is C14H22O5. The van der Waals surface area contributed by atoms with Gasteiger partial charge in [-0.2, -0.15) is 0 Å². The van der Waals surface area contributed by atoms with Crippen LogP contribution in [0.2, 0.25) is 0 Å². The van der Waals surface area contributed by atoms with Gasteiger partial charge in [-0.1, -0.05) is 11.8 Å². The maximum absolute atomic E-state index is 9.55. The first kappa shape index (κ1) is 17.9. The van der Waals surface area contributed by atoms with Gasteiger partial charge in [-0.05, 0) is 38.0 Å². The van der Waals surface area contributed by atoms with Crippen LogP contribution in [0.3, 0.4) is 0 Å². The number of rotatable bonds is 7. The van der Waals surface area contributed by atoms with Gasteiger partial charge in [0.05, 0.1) is 24.9 Å². The highest BCUT2D eigenvalue weighted by Gasteiger charge is 2.06. The lowest BCUT2D eigenvalue weighted by atomic mass is 10.1. The second kappa shape index (κ2) is 10.8. The fourth-order valence-corrected chi connectivity index (χ4v) is 1.23. The first-order valence-electron chi connectivity index (χ1n) is 6.28. The van der Waals surface area contributed by atoms with E-state index in [0.29, 0.717) is 19.3 Å². The lowest BCUT2D eigenvalue weighted by molar-refractivity contribution is 0.0678. The molecule has 0 amide bonds. The molecule has 19 heavy (non-hydrogen) atoms. The molecule has 0 fully saturated rings. The summed E-state index contributed by atoms with van der Waals surface area (Å²) in [6.07, 6.45) is -1.55. The smallest absolute Gasteiger partial charge is 0.141 e. The monoisotopic (exact) mass is 270 g/mol. The second-order valence-corrected chi connectivity index (χ2v) is 4.38. The van der Waals surface area contributed by atoms with E-state index in [9.17, 15) is 5.11 Å². The van der Waals surface area contributed by atoms with Crippen LogP contribution in [0.15, 0.2) is 0 Å². The van der Waals surface area contributed by atoms with Gasteiger partial charge in [0.2, 0.25) is 0 Å². The number of hydrogen-bond acceptors (Lipinski definition) is 5. The van der Waals surface area contributed by atoms with Gasteiger partial charge in [-0.15, -0.1) is 0 Å². The molecule has 108 valence electrons. The Morgan fingerprint density at radius 2 is 1.58 bits per heavy atom. The van der Waals surface area contributed by atoms with E-state index in [1.165, 1.54) is 6.92 Å². The third-order valence-electron chi connectivity index (χ3n) is 2.45. The van der Waals surface area contributed by atoms with E-state index in [2.05, 4.69) is 23.7 Å². The van der Waals surface area contributed by atoms with Crippen LogP contribution in [-0.2, 0) is 0 Å². The van der Waals surface area contributed by atoms with E-state index in [1.807, 2.05) is 0 Å². The molecule has 0 aliphatic rings. The van der Waals surface area contributed by atoms with Crippen molar-refractivity contribution in [1.29, 1.82) is 0 Å². The van der Waals surface area contributed by atoms with E-state index in [-0.39, 0.29) is 13.0 Å². The van der Waals surface area contributed by atoms with Crippen molar-refractivity contribution in [3.8, 4) is 23.7 Å². The van der Waals surface area contributed by atoms with E-state index < -0.39 is 24.4 Å². The normalized spacial score (nSPS) is 16.3.